The molecule has 0 bridgehead atoms. The number of hydrogen-bond donors (Lipinski definition) is 1. The molecule has 0 radical (unpaired) electrons. The summed E-state index contributed by atoms with van der Waals surface area (Å²) in [5, 5.41) is 3.41. The van der Waals surface area contributed by atoms with Crippen molar-refractivity contribution in [3.63, 3.8) is 0 Å². The normalized spacial score (nSPS) is 23.9. The van der Waals surface area contributed by atoms with Crippen LogP contribution < -0.4 is 5.32 Å². The Kier molecular flexibility index (Phi) is 4.98. The van der Waals surface area contributed by atoms with Gasteiger partial charge in [-0.3, -0.25) is 0 Å². The van der Waals surface area contributed by atoms with Crippen molar-refractivity contribution in [3.8, 4) is 0 Å². The maximum absolute atomic E-state index is 12.0. The Balaban J connectivity index is 2.67. The largest absolute Gasteiger partial charge is 0.310 e. The molecule has 1 unspecified atom stereocenters. The third-order valence-electron chi connectivity index (χ3n) is 3.16. The van der Waals surface area contributed by atoms with Gasteiger partial charge in [-0.2, -0.15) is 4.31 Å². The number of sulfonamides is 1. The third kappa shape index (κ3) is 4.56. The first-order chi connectivity index (χ1) is 7.76. The molecule has 1 N–H and O–H groups in total. The van der Waals surface area contributed by atoms with E-state index in [0.717, 1.165) is 25.8 Å². The molecule has 0 aromatic carbocycles. The number of nitrogens with one attached hydrogen (secondary N) is 1. The third-order valence-corrected chi connectivity index (χ3v) is 5.09. The molecule has 0 aromatic heterocycles. The average Bonchev–Trinajstić information content (AvgIpc) is 2.26. The summed E-state index contributed by atoms with van der Waals surface area (Å²) in [5.74, 6) is 0.207. The summed E-state index contributed by atoms with van der Waals surface area (Å²) in [7, 11) is -3.04. The van der Waals surface area contributed by atoms with E-state index in [2.05, 4.69) is 26.1 Å². The molecule has 0 aromatic rings. The predicted molar refractivity (Wildman–Crippen MR) is 71.6 cm³/mol. The molecule has 0 saturated carbocycles. The Bertz CT molecular complexity index is 333. The minimum Gasteiger partial charge on any atom is -0.310 e. The molecule has 1 atom stereocenters. The van der Waals surface area contributed by atoms with E-state index in [0.29, 0.717) is 6.54 Å². The lowest BCUT2D eigenvalue weighted by Crippen LogP contribution is -2.51. The number of piperidine rings is 1. The molecule has 1 rings (SSSR count). The fourth-order valence-electron chi connectivity index (χ4n) is 2.13. The van der Waals surface area contributed by atoms with E-state index in [-0.39, 0.29) is 17.3 Å². The molecule has 1 saturated heterocycles. The molecule has 0 spiro atoms. The van der Waals surface area contributed by atoms with E-state index in [1.165, 1.54) is 0 Å². The van der Waals surface area contributed by atoms with Crippen LogP contribution in [0.15, 0.2) is 0 Å². The standard InChI is InChI=1S/C12H26N2O2S/c1-5-17(15,16)14-9-7-6-8-11(14)10-13-12(2,3)4/h11,13H,5-10H2,1-4H3. The summed E-state index contributed by atoms with van der Waals surface area (Å²) < 4.78 is 25.7. The topological polar surface area (TPSA) is 49.4 Å². The van der Waals surface area contributed by atoms with Crippen molar-refractivity contribution in [2.45, 2.75) is 58.5 Å². The highest BCUT2D eigenvalue weighted by Crippen LogP contribution is 2.20. The second kappa shape index (κ2) is 5.67. The van der Waals surface area contributed by atoms with Crippen LogP contribution in [0.5, 0.6) is 0 Å². The molecule has 4 nitrogen and oxygen atoms in total. The molecule has 102 valence electrons. The first kappa shape index (κ1) is 14.9. The average molecular weight is 262 g/mol. The zero-order valence-corrected chi connectivity index (χ0v) is 12.3. The first-order valence-electron chi connectivity index (χ1n) is 6.51. The van der Waals surface area contributed by atoms with Gasteiger partial charge in [-0.05, 0) is 40.5 Å². The van der Waals surface area contributed by atoms with Crippen molar-refractivity contribution < 1.29 is 8.42 Å². The predicted octanol–water partition coefficient (Wildman–Crippen LogP) is 1.58. The summed E-state index contributed by atoms with van der Waals surface area (Å²) >= 11 is 0. The molecule has 0 amide bonds. The SMILES string of the molecule is CCS(=O)(=O)N1CCCCC1CNC(C)(C)C. The number of hydrogen-bond acceptors (Lipinski definition) is 3. The molecule has 17 heavy (non-hydrogen) atoms. The lowest BCUT2D eigenvalue weighted by atomic mass is 10.0. The zero-order chi connectivity index (χ0) is 13.1. The minimum atomic E-state index is -3.04. The van der Waals surface area contributed by atoms with Gasteiger partial charge < -0.3 is 5.32 Å². The van der Waals surface area contributed by atoms with Crippen LogP contribution in [0.1, 0.15) is 47.0 Å². The van der Waals surface area contributed by atoms with Crippen LogP contribution in [-0.4, -0.2) is 43.1 Å². The molecule has 1 aliphatic heterocycles. The molecular formula is C12H26N2O2S. The van der Waals surface area contributed by atoms with Gasteiger partial charge in [0.1, 0.15) is 0 Å². The lowest BCUT2D eigenvalue weighted by molar-refractivity contribution is 0.231. The molecular weight excluding hydrogens is 236 g/mol. The van der Waals surface area contributed by atoms with Crippen molar-refractivity contribution in [1.29, 1.82) is 0 Å². The van der Waals surface area contributed by atoms with Gasteiger partial charge in [-0.15, -0.1) is 0 Å². The van der Waals surface area contributed by atoms with Crippen molar-refractivity contribution >= 4 is 10.0 Å². The smallest absolute Gasteiger partial charge is 0.214 e. The van der Waals surface area contributed by atoms with Gasteiger partial charge in [0.05, 0.1) is 5.75 Å². The van der Waals surface area contributed by atoms with E-state index in [9.17, 15) is 8.42 Å². The van der Waals surface area contributed by atoms with E-state index in [4.69, 9.17) is 0 Å². The molecule has 5 heteroatoms. The first-order valence-corrected chi connectivity index (χ1v) is 8.12. The van der Waals surface area contributed by atoms with Crippen LogP contribution in [0, 0.1) is 0 Å². The van der Waals surface area contributed by atoms with Crippen LogP contribution in [0.3, 0.4) is 0 Å². The van der Waals surface area contributed by atoms with E-state index in [1.807, 2.05) is 0 Å². The van der Waals surface area contributed by atoms with Gasteiger partial charge in [0.2, 0.25) is 10.0 Å². The second-order valence-corrected chi connectivity index (χ2v) is 8.00. The van der Waals surface area contributed by atoms with Crippen molar-refractivity contribution in [2.75, 3.05) is 18.8 Å². The number of rotatable bonds is 4. The summed E-state index contributed by atoms with van der Waals surface area (Å²) in [6.07, 6.45) is 3.10. The van der Waals surface area contributed by atoms with E-state index in [1.54, 1.807) is 11.2 Å². The van der Waals surface area contributed by atoms with Crippen LogP contribution in [0.4, 0.5) is 0 Å². The second-order valence-electron chi connectivity index (χ2n) is 5.79. The summed E-state index contributed by atoms with van der Waals surface area (Å²) in [4.78, 5) is 0. The molecule has 1 fully saturated rings. The fraction of sp³-hybridized carbons (Fsp3) is 1.00. The summed E-state index contributed by atoms with van der Waals surface area (Å²) in [6, 6.07) is 0.132. The zero-order valence-electron chi connectivity index (χ0n) is 11.5. The maximum Gasteiger partial charge on any atom is 0.214 e. The van der Waals surface area contributed by atoms with Crippen LogP contribution in [-0.2, 0) is 10.0 Å². The quantitative estimate of drug-likeness (QED) is 0.837. The van der Waals surface area contributed by atoms with Gasteiger partial charge in [-0.25, -0.2) is 8.42 Å². The van der Waals surface area contributed by atoms with Gasteiger partial charge in [0, 0.05) is 24.7 Å². The van der Waals surface area contributed by atoms with Crippen LogP contribution >= 0.6 is 0 Å². The van der Waals surface area contributed by atoms with Gasteiger partial charge in [-0.1, -0.05) is 6.42 Å². The van der Waals surface area contributed by atoms with Crippen molar-refractivity contribution in [1.82, 2.24) is 9.62 Å². The monoisotopic (exact) mass is 262 g/mol. The fourth-order valence-corrected chi connectivity index (χ4v) is 3.51. The molecule has 1 heterocycles. The van der Waals surface area contributed by atoms with E-state index >= 15 is 0 Å². The highest BCUT2D eigenvalue weighted by atomic mass is 32.2. The van der Waals surface area contributed by atoms with Crippen molar-refractivity contribution in [2.24, 2.45) is 0 Å². The highest BCUT2D eigenvalue weighted by Gasteiger charge is 2.31. The molecule has 1 aliphatic rings. The Labute approximate surface area is 106 Å². The summed E-state index contributed by atoms with van der Waals surface area (Å²) in [5.41, 5.74) is 0.0408. The van der Waals surface area contributed by atoms with Crippen molar-refractivity contribution in [3.05, 3.63) is 0 Å². The molecule has 0 aliphatic carbocycles. The Morgan fingerprint density at radius 2 is 1.94 bits per heavy atom. The lowest BCUT2D eigenvalue weighted by Gasteiger charge is -2.36. The summed E-state index contributed by atoms with van der Waals surface area (Å²) in [6.45, 7) is 9.48. The van der Waals surface area contributed by atoms with E-state index < -0.39 is 10.0 Å². The van der Waals surface area contributed by atoms with Gasteiger partial charge in [0.15, 0.2) is 0 Å². The minimum absolute atomic E-state index is 0.0408. The van der Waals surface area contributed by atoms with Gasteiger partial charge >= 0.3 is 0 Å². The van der Waals surface area contributed by atoms with Gasteiger partial charge in [0.25, 0.3) is 0 Å². The van der Waals surface area contributed by atoms with Crippen LogP contribution in [0.2, 0.25) is 0 Å². The Hall–Kier alpha value is -0.130. The Morgan fingerprint density at radius 1 is 1.29 bits per heavy atom. The number of nitrogens with zero attached hydrogens (tertiary/aromatic N) is 1. The Morgan fingerprint density at radius 3 is 2.47 bits per heavy atom. The highest BCUT2D eigenvalue weighted by molar-refractivity contribution is 7.89. The maximum atomic E-state index is 12.0. The van der Waals surface area contributed by atoms with Crippen LogP contribution in [0.25, 0.3) is 0 Å².